The second-order valence-corrected chi connectivity index (χ2v) is 5.93. The van der Waals surface area contributed by atoms with Crippen molar-refractivity contribution in [3.8, 4) is 0 Å². The molecule has 0 fully saturated rings. The van der Waals surface area contributed by atoms with E-state index in [-0.39, 0.29) is 23.1 Å². The number of H-pyrrole nitrogens is 1. The second-order valence-electron chi connectivity index (χ2n) is 5.09. The van der Waals surface area contributed by atoms with Crippen LogP contribution in [0.15, 0.2) is 42.5 Å². The Balaban J connectivity index is 1.68. The van der Waals surface area contributed by atoms with Crippen LogP contribution in [-0.4, -0.2) is 21.3 Å². The highest BCUT2D eigenvalue weighted by Crippen LogP contribution is 2.20. The summed E-state index contributed by atoms with van der Waals surface area (Å²) < 4.78 is 13.1. The molecule has 0 aliphatic carbocycles. The molecule has 0 spiro atoms. The lowest BCUT2D eigenvalue weighted by Crippen LogP contribution is -2.24. The standard InChI is InChI=1S/C16H12Cl2FN5O/c17-10-2-1-3-11(7-10)21-15-14(22-24-23-15)16(25)20-8-9-4-5-13(19)12(18)6-9/h1-7H,8H2,(H,20,25)(H2,21,22,23,24). The van der Waals surface area contributed by atoms with Crippen LogP contribution in [0.4, 0.5) is 15.9 Å². The predicted octanol–water partition coefficient (Wildman–Crippen LogP) is 3.92. The van der Waals surface area contributed by atoms with Gasteiger partial charge in [-0.3, -0.25) is 4.79 Å². The molecule has 1 heterocycles. The molecule has 0 unspecified atom stereocenters. The van der Waals surface area contributed by atoms with E-state index in [1.54, 1.807) is 24.3 Å². The van der Waals surface area contributed by atoms with Gasteiger partial charge in [0.2, 0.25) is 0 Å². The van der Waals surface area contributed by atoms with E-state index >= 15 is 0 Å². The van der Waals surface area contributed by atoms with Crippen molar-refractivity contribution in [3.05, 3.63) is 69.6 Å². The maximum Gasteiger partial charge on any atom is 0.275 e. The van der Waals surface area contributed by atoms with Crippen molar-refractivity contribution in [2.45, 2.75) is 6.54 Å². The fourth-order valence-corrected chi connectivity index (χ4v) is 2.49. The zero-order chi connectivity index (χ0) is 17.8. The van der Waals surface area contributed by atoms with E-state index in [2.05, 4.69) is 26.0 Å². The van der Waals surface area contributed by atoms with Crippen molar-refractivity contribution < 1.29 is 9.18 Å². The number of hydrogen-bond acceptors (Lipinski definition) is 4. The zero-order valence-electron chi connectivity index (χ0n) is 12.7. The Morgan fingerprint density at radius 2 is 2.00 bits per heavy atom. The Morgan fingerprint density at radius 3 is 2.76 bits per heavy atom. The first kappa shape index (κ1) is 17.2. The molecule has 3 rings (SSSR count). The SMILES string of the molecule is O=C(NCc1ccc(F)c(Cl)c1)c1n[nH]nc1Nc1cccc(Cl)c1. The predicted molar refractivity (Wildman–Crippen MR) is 93.7 cm³/mol. The largest absolute Gasteiger partial charge is 0.346 e. The first-order valence-corrected chi connectivity index (χ1v) is 7.94. The van der Waals surface area contributed by atoms with E-state index in [9.17, 15) is 9.18 Å². The number of rotatable bonds is 5. The Bertz CT molecular complexity index is 915. The number of nitrogens with one attached hydrogen (secondary N) is 3. The van der Waals surface area contributed by atoms with Crippen LogP contribution >= 0.6 is 23.2 Å². The number of hydrogen-bond donors (Lipinski definition) is 3. The molecule has 3 N–H and O–H groups in total. The fraction of sp³-hybridized carbons (Fsp3) is 0.0625. The molecule has 25 heavy (non-hydrogen) atoms. The summed E-state index contributed by atoms with van der Waals surface area (Å²) in [4.78, 5) is 12.3. The number of nitrogens with zero attached hydrogens (tertiary/aromatic N) is 2. The fourth-order valence-electron chi connectivity index (χ4n) is 2.09. The highest BCUT2D eigenvalue weighted by Gasteiger charge is 2.16. The van der Waals surface area contributed by atoms with Gasteiger partial charge in [0, 0.05) is 17.3 Å². The van der Waals surface area contributed by atoms with Gasteiger partial charge in [-0.1, -0.05) is 35.3 Å². The molecule has 0 bridgehead atoms. The van der Waals surface area contributed by atoms with E-state index in [1.165, 1.54) is 18.2 Å². The molecule has 0 saturated carbocycles. The van der Waals surface area contributed by atoms with Gasteiger partial charge < -0.3 is 10.6 Å². The Labute approximate surface area is 152 Å². The molecule has 0 aliphatic heterocycles. The summed E-state index contributed by atoms with van der Waals surface area (Å²) >= 11 is 11.6. The van der Waals surface area contributed by atoms with Gasteiger partial charge in [-0.25, -0.2) is 4.39 Å². The van der Waals surface area contributed by atoms with Crippen LogP contribution in [0.25, 0.3) is 0 Å². The Kier molecular flexibility index (Phi) is 5.16. The molecule has 2 aromatic carbocycles. The highest BCUT2D eigenvalue weighted by molar-refractivity contribution is 6.31. The van der Waals surface area contributed by atoms with Gasteiger partial charge in [0.25, 0.3) is 5.91 Å². The molecule has 1 amide bonds. The first-order chi connectivity index (χ1) is 12.0. The number of halogens is 3. The molecule has 0 saturated heterocycles. The van der Waals surface area contributed by atoms with Gasteiger partial charge in [0.05, 0.1) is 5.02 Å². The van der Waals surface area contributed by atoms with Crippen molar-refractivity contribution in [3.63, 3.8) is 0 Å². The van der Waals surface area contributed by atoms with Gasteiger partial charge >= 0.3 is 0 Å². The van der Waals surface area contributed by atoms with Crippen molar-refractivity contribution in [1.29, 1.82) is 0 Å². The lowest BCUT2D eigenvalue weighted by molar-refractivity contribution is 0.0946. The summed E-state index contributed by atoms with van der Waals surface area (Å²) in [7, 11) is 0. The topological polar surface area (TPSA) is 82.7 Å². The van der Waals surface area contributed by atoms with Gasteiger partial charge in [0.15, 0.2) is 11.5 Å². The molecule has 6 nitrogen and oxygen atoms in total. The summed E-state index contributed by atoms with van der Waals surface area (Å²) in [6.07, 6.45) is 0. The average Bonchev–Trinajstić information content (AvgIpc) is 3.04. The minimum atomic E-state index is -0.513. The summed E-state index contributed by atoms with van der Waals surface area (Å²) in [5, 5.41) is 16.4. The number of carbonyl (C=O) groups excluding carboxylic acids is 1. The molecule has 9 heteroatoms. The Morgan fingerprint density at radius 1 is 1.16 bits per heavy atom. The van der Waals surface area contributed by atoms with Crippen molar-refractivity contribution >= 4 is 40.6 Å². The van der Waals surface area contributed by atoms with E-state index in [0.29, 0.717) is 16.3 Å². The number of amides is 1. The highest BCUT2D eigenvalue weighted by atomic mass is 35.5. The molecule has 0 aliphatic rings. The van der Waals surface area contributed by atoms with Crippen LogP contribution in [0, 0.1) is 5.82 Å². The zero-order valence-corrected chi connectivity index (χ0v) is 14.2. The molecule has 128 valence electrons. The number of aromatic nitrogens is 3. The number of anilines is 2. The summed E-state index contributed by atoms with van der Waals surface area (Å²) in [6.45, 7) is 0.169. The number of aromatic amines is 1. The number of benzene rings is 2. The Hall–Kier alpha value is -2.64. The van der Waals surface area contributed by atoms with E-state index < -0.39 is 11.7 Å². The second kappa shape index (κ2) is 7.50. The van der Waals surface area contributed by atoms with Crippen molar-refractivity contribution in [1.82, 2.24) is 20.7 Å². The van der Waals surface area contributed by atoms with Gasteiger partial charge in [-0.2, -0.15) is 5.21 Å². The molecule has 1 aromatic heterocycles. The van der Waals surface area contributed by atoms with E-state index in [0.717, 1.165) is 0 Å². The number of carbonyl (C=O) groups is 1. The molecule has 3 aromatic rings. The van der Waals surface area contributed by atoms with Crippen LogP contribution in [0.1, 0.15) is 16.1 Å². The average molecular weight is 380 g/mol. The third-order valence-electron chi connectivity index (χ3n) is 3.29. The van der Waals surface area contributed by atoms with E-state index in [1.807, 2.05) is 0 Å². The lowest BCUT2D eigenvalue weighted by Gasteiger charge is -2.07. The first-order valence-electron chi connectivity index (χ1n) is 7.18. The third-order valence-corrected chi connectivity index (χ3v) is 3.81. The normalized spacial score (nSPS) is 10.5. The summed E-state index contributed by atoms with van der Waals surface area (Å²) in [5.74, 6) is -0.697. The minimum absolute atomic E-state index is 0.00324. The maximum absolute atomic E-state index is 13.1. The molecular formula is C16H12Cl2FN5O. The van der Waals surface area contributed by atoms with Crippen LogP contribution in [-0.2, 0) is 6.54 Å². The maximum atomic E-state index is 13.1. The van der Waals surface area contributed by atoms with Crippen molar-refractivity contribution in [2.75, 3.05) is 5.32 Å². The molecular weight excluding hydrogens is 368 g/mol. The van der Waals surface area contributed by atoms with Crippen molar-refractivity contribution in [2.24, 2.45) is 0 Å². The van der Waals surface area contributed by atoms with Crippen LogP contribution < -0.4 is 10.6 Å². The van der Waals surface area contributed by atoms with Gasteiger partial charge in [-0.15, -0.1) is 10.2 Å². The summed E-state index contributed by atoms with van der Waals surface area (Å²) in [5.41, 5.74) is 1.42. The van der Waals surface area contributed by atoms with E-state index in [4.69, 9.17) is 23.2 Å². The van der Waals surface area contributed by atoms with Crippen LogP contribution in [0.3, 0.4) is 0 Å². The van der Waals surface area contributed by atoms with Gasteiger partial charge in [0.1, 0.15) is 5.82 Å². The lowest BCUT2D eigenvalue weighted by atomic mass is 10.2. The van der Waals surface area contributed by atoms with Crippen LogP contribution in [0.2, 0.25) is 10.0 Å². The molecule has 0 atom stereocenters. The quantitative estimate of drug-likeness (QED) is 0.627. The van der Waals surface area contributed by atoms with Crippen LogP contribution in [0.5, 0.6) is 0 Å². The summed E-state index contributed by atoms with van der Waals surface area (Å²) in [6, 6.07) is 11.2. The van der Waals surface area contributed by atoms with Gasteiger partial charge in [-0.05, 0) is 35.9 Å². The minimum Gasteiger partial charge on any atom is -0.346 e. The monoisotopic (exact) mass is 379 g/mol. The third kappa shape index (κ3) is 4.26. The molecule has 0 radical (unpaired) electrons. The smallest absolute Gasteiger partial charge is 0.275 e.